The van der Waals surface area contributed by atoms with Gasteiger partial charge in [-0.05, 0) is 25.0 Å². The van der Waals surface area contributed by atoms with E-state index >= 15 is 0 Å². The molecule has 1 heterocycles. The molecule has 0 spiro atoms. The normalized spacial score (nSPS) is 11.8. The Hall–Kier alpha value is -1.86. The SMILES string of the molecule is CCCCNS(=O)(=O)c1cc(OC)c2[nH]c(=O)cc(C)c2c1. The largest absolute Gasteiger partial charge is 0.495 e. The number of aromatic nitrogens is 1. The molecule has 0 unspecified atom stereocenters. The Morgan fingerprint density at radius 1 is 1.27 bits per heavy atom. The van der Waals surface area contributed by atoms with Crippen LogP contribution in [0.1, 0.15) is 25.3 Å². The lowest BCUT2D eigenvalue weighted by atomic mass is 10.1. The molecular weight excluding hydrogens is 304 g/mol. The molecule has 0 aliphatic rings. The smallest absolute Gasteiger partial charge is 0.248 e. The summed E-state index contributed by atoms with van der Waals surface area (Å²) in [6.07, 6.45) is 1.68. The number of rotatable bonds is 6. The van der Waals surface area contributed by atoms with E-state index in [9.17, 15) is 13.2 Å². The Kier molecular flexibility index (Phi) is 4.87. The van der Waals surface area contributed by atoms with E-state index in [0.717, 1.165) is 12.8 Å². The van der Waals surface area contributed by atoms with Crippen LogP contribution in [0.4, 0.5) is 0 Å². The van der Waals surface area contributed by atoms with Crippen LogP contribution < -0.4 is 15.0 Å². The predicted molar refractivity (Wildman–Crippen MR) is 86.0 cm³/mol. The van der Waals surface area contributed by atoms with Gasteiger partial charge >= 0.3 is 0 Å². The standard InChI is InChI=1S/C15H20N2O4S/c1-4-5-6-16-22(19,20)11-8-12-10(2)7-14(18)17-15(12)13(9-11)21-3/h7-9,16H,4-6H2,1-3H3,(H,17,18). The molecular formula is C15H20N2O4S. The number of aromatic amines is 1. The van der Waals surface area contributed by atoms with E-state index in [-0.39, 0.29) is 10.5 Å². The average Bonchev–Trinajstić information content (AvgIpc) is 2.46. The van der Waals surface area contributed by atoms with Crippen LogP contribution in [0.3, 0.4) is 0 Å². The van der Waals surface area contributed by atoms with Crippen molar-refractivity contribution in [1.29, 1.82) is 0 Å². The van der Waals surface area contributed by atoms with Gasteiger partial charge in [0.2, 0.25) is 15.6 Å². The Morgan fingerprint density at radius 2 is 2.00 bits per heavy atom. The molecule has 0 aliphatic carbocycles. The van der Waals surface area contributed by atoms with Crippen molar-refractivity contribution in [3.63, 3.8) is 0 Å². The number of fused-ring (bicyclic) bond motifs is 1. The van der Waals surface area contributed by atoms with Gasteiger partial charge in [-0.25, -0.2) is 13.1 Å². The van der Waals surface area contributed by atoms with E-state index in [1.54, 1.807) is 13.0 Å². The summed E-state index contributed by atoms with van der Waals surface area (Å²) < 4.78 is 32.5. The molecule has 2 aromatic rings. The summed E-state index contributed by atoms with van der Waals surface area (Å²) in [4.78, 5) is 14.4. The zero-order valence-electron chi connectivity index (χ0n) is 12.9. The van der Waals surface area contributed by atoms with Crippen LogP contribution in [0.15, 0.2) is 27.9 Å². The van der Waals surface area contributed by atoms with Crippen LogP contribution in [-0.2, 0) is 10.0 Å². The van der Waals surface area contributed by atoms with Crippen LogP contribution in [-0.4, -0.2) is 27.1 Å². The fraction of sp³-hybridized carbons (Fsp3) is 0.400. The zero-order chi connectivity index (χ0) is 16.3. The van der Waals surface area contributed by atoms with E-state index in [4.69, 9.17) is 4.74 Å². The topological polar surface area (TPSA) is 88.3 Å². The molecule has 0 saturated heterocycles. The first-order valence-electron chi connectivity index (χ1n) is 7.10. The maximum absolute atomic E-state index is 12.4. The van der Waals surface area contributed by atoms with Crippen molar-refractivity contribution in [3.05, 3.63) is 34.1 Å². The number of methoxy groups -OCH3 is 1. The predicted octanol–water partition coefficient (Wildman–Crippen LogP) is 1.92. The van der Waals surface area contributed by atoms with Gasteiger partial charge in [-0.2, -0.15) is 0 Å². The minimum atomic E-state index is -3.61. The molecule has 0 radical (unpaired) electrons. The third-order valence-electron chi connectivity index (χ3n) is 3.45. The minimum Gasteiger partial charge on any atom is -0.495 e. The van der Waals surface area contributed by atoms with Gasteiger partial charge < -0.3 is 9.72 Å². The summed E-state index contributed by atoms with van der Waals surface area (Å²) in [6, 6.07) is 4.41. The van der Waals surface area contributed by atoms with Crippen LogP contribution in [0, 0.1) is 6.92 Å². The first-order valence-corrected chi connectivity index (χ1v) is 8.58. The number of benzene rings is 1. The molecule has 0 amide bonds. The first-order chi connectivity index (χ1) is 10.4. The van der Waals surface area contributed by atoms with E-state index in [1.807, 2.05) is 6.92 Å². The highest BCUT2D eigenvalue weighted by Crippen LogP contribution is 2.28. The quantitative estimate of drug-likeness (QED) is 0.795. The van der Waals surface area contributed by atoms with Crippen molar-refractivity contribution in [2.45, 2.75) is 31.6 Å². The monoisotopic (exact) mass is 324 g/mol. The van der Waals surface area contributed by atoms with Crippen molar-refractivity contribution in [2.24, 2.45) is 0 Å². The Balaban J connectivity index is 2.59. The van der Waals surface area contributed by atoms with Crippen molar-refractivity contribution in [3.8, 4) is 5.75 Å². The third-order valence-corrected chi connectivity index (χ3v) is 4.89. The van der Waals surface area contributed by atoms with Crippen LogP contribution >= 0.6 is 0 Å². The molecule has 0 fully saturated rings. The number of sulfonamides is 1. The van der Waals surface area contributed by atoms with E-state index in [0.29, 0.717) is 28.8 Å². The highest BCUT2D eigenvalue weighted by molar-refractivity contribution is 7.89. The lowest BCUT2D eigenvalue weighted by Gasteiger charge is -2.12. The maximum Gasteiger partial charge on any atom is 0.248 e. The number of H-pyrrole nitrogens is 1. The molecule has 120 valence electrons. The molecule has 2 N–H and O–H groups in total. The molecule has 2 rings (SSSR count). The second kappa shape index (κ2) is 6.50. The second-order valence-corrected chi connectivity index (χ2v) is 6.88. The summed E-state index contributed by atoms with van der Waals surface area (Å²) in [6.45, 7) is 4.15. The highest BCUT2D eigenvalue weighted by Gasteiger charge is 2.18. The fourth-order valence-corrected chi connectivity index (χ4v) is 3.36. The van der Waals surface area contributed by atoms with Gasteiger partial charge in [-0.15, -0.1) is 0 Å². The second-order valence-electron chi connectivity index (χ2n) is 5.12. The molecule has 0 saturated carbocycles. The molecule has 0 bridgehead atoms. The highest BCUT2D eigenvalue weighted by atomic mass is 32.2. The Labute approximate surface area is 129 Å². The zero-order valence-corrected chi connectivity index (χ0v) is 13.7. The molecule has 0 aliphatic heterocycles. The number of ether oxygens (including phenoxy) is 1. The summed E-state index contributed by atoms with van der Waals surface area (Å²) in [7, 11) is -2.16. The lowest BCUT2D eigenvalue weighted by Crippen LogP contribution is -2.24. The van der Waals surface area contributed by atoms with Crippen molar-refractivity contribution in [2.75, 3.05) is 13.7 Å². The Morgan fingerprint density at radius 3 is 2.64 bits per heavy atom. The number of pyridine rings is 1. The minimum absolute atomic E-state index is 0.128. The summed E-state index contributed by atoms with van der Waals surface area (Å²) in [5.41, 5.74) is 0.947. The van der Waals surface area contributed by atoms with E-state index in [1.165, 1.54) is 19.2 Å². The lowest BCUT2D eigenvalue weighted by molar-refractivity contribution is 0.417. The fourth-order valence-electron chi connectivity index (χ4n) is 2.25. The van der Waals surface area contributed by atoms with Gasteiger partial charge in [-0.3, -0.25) is 4.79 Å². The molecule has 0 atom stereocenters. The average molecular weight is 324 g/mol. The van der Waals surface area contributed by atoms with Crippen LogP contribution in [0.5, 0.6) is 5.75 Å². The van der Waals surface area contributed by atoms with Crippen molar-refractivity contribution >= 4 is 20.9 Å². The van der Waals surface area contributed by atoms with Crippen molar-refractivity contribution in [1.82, 2.24) is 9.71 Å². The van der Waals surface area contributed by atoms with Gasteiger partial charge in [0.15, 0.2) is 0 Å². The van der Waals surface area contributed by atoms with E-state index < -0.39 is 10.0 Å². The van der Waals surface area contributed by atoms with Gasteiger partial charge in [0, 0.05) is 24.1 Å². The van der Waals surface area contributed by atoms with Gasteiger partial charge in [0.05, 0.1) is 17.5 Å². The van der Waals surface area contributed by atoms with Crippen LogP contribution in [0.25, 0.3) is 10.9 Å². The molecule has 1 aromatic heterocycles. The summed E-state index contributed by atoms with van der Waals surface area (Å²) in [5, 5.41) is 0.648. The van der Waals surface area contributed by atoms with Gasteiger partial charge in [-0.1, -0.05) is 13.3 Å². The van der Waals surface area contributed by atoms with Crippen molar-refractivity contribution < 1.29 is 13.2 Å². The van der Waals surface area contributed by atoms with Crippen LogP contribution in [0.2, 0.25) is 0 Å². The number of nitrogens with one attached hydrogen (secondary N) is 2. The molecule has 7 heteroatoms. The summed E-state index contributed by atoms with van der Waals surface area (Å²) >= 11 is 0. The van der Waals surface area contributed by atoms with Gasteiger partial charge in [0.25, 0.3) is 0 Å². The van der Waals surface area contributed by atoms with Gasteiger partial charge in [0.1, 0.15) is 5.75 Å². The molecule has 22 heavy (non-hydrogen) atoms. The maximum atomic E-state index is 12.4. The summed E-state index contributed by atoms with van der Waals surface area (Å²) in [5.74, 6) is 0.328. The number of aryl methyl sites for hydroxylation is 1. The van der Waals surface area contributed by atoms with E-state index in [2.05, 4.69) is 9.71 Å². The number of hydrogen-bond acceptors (Lipinski definition) is 4. The molecule has 1 aromatic carbocycles. The first kappa shape index (κ1) is 16.5. The number of hydrogen-bond donors (Lipinski definition) is 2. The number of unbranched alkanes of at least 4 members (excludes halogenated alkanes) is 1. The Bertz CT molecular complexity index is 840. The molecule has 6 nitrogen and oxygen atoms in total. The third kappa shape index (κ3) is 3.31.